The first kappa shape index (κ1) is 14.6. The summed E-state index contributed by atoms with van der Waals surface area (Å²) in [4.78, 5) is 0. The smallest absolute Gasteiger partial charge is 0.419 e. The van der Waals surface area contributed by atoms with Crippen LogP contribution in [0.3, 0.4) is 0 Å². The minimum absolute atomic E-state index is 0.135. The number of hydrogen-bond donors (Lipinski definition) is 1. The Kier molecular flexibility index (Phi) is 3.85. The van der Waals surface area contributed by atoms with Crippen LogP contribution in [0.1, 0.15) is 18.2 Å². The summed E-state index contributed by atoms with van der Waals surface area (Å²) in [7, 11) is 0. The van der Waals surface area contributed by atoms with Gasteiger partial charge in [0.05, 0.1) is 11.7 Å². The number of rotatable bonds is 3. The van der Waals surface area contributed by atoms with Crippen molar-refractivity contribution in [2.75, 3.05) is 0 Å². The first-order valence-corrected chi connectivity index (χ1v) is 5.91. The van der Waals surface area contributed by atoms with Crippen LogP contribution in [0.15, 0.2) is 34.7 Å². The Bertz CT molecular complexity index is 599. The van der Waals surface area contributed by atoms with Crippen LogP contribution < -0.4 is 0 Å². The van der Waals surface area contributed by atoms with E-state index in [0.29, 0.717) is 11.8 Å². The Balaban J connectivity index is 2.36. The van der Waals surface area contributed by atoms with Crippen LogP contribution in [0.4, 0.5) is 17.6 Å². The SMILES string of the molecule is CC(O)Cc1ccc(-c2ccc(F)c(C(F)(F)F)c2)o1. The molecule has 2 rings (SSSR count). The van der Waals surface area contributed by atoms with Crippen molar-refractivity contribution in [1.29, 1.82) is 0 Å². The van der Waals surface area contributed by atoms with Gasteiger partial charge in [-0.2, -0.15) is 13.2 Å². The first-order chi connectivity index (χ1) is 9.27. The average molecular weight is 288 g/mol. The molecule has 1 heterocycles. The molecule has 2 aromatic rings. The molecule has 2 nitrogen and oxygen atoms in total. The molecule has 0 bridgehead atoms. The van der Waals surface area contributed by atoms with Crippen LogP contribution in [0.25, 0.3) is 11.3 Å². The van der Waals surface area contributed by atoms with Crippen molar-refractivity contribution >= 4 is 0 Å². The van der Waals surface area contributed by atoms with Gasteiger partial charge in [0.2, 0.25) is 0 Å². The van der Waals surface area contributed by atoms with E-state index in [1.807, 2.05) is 0 Å². The molecule has 1 N–H and O–H groups in total. The van der Waals surface area contributed by atoms with Crippen molar-refractivity contribution in [3.63, 3.8) is 0 Å². The number of hydrogen-bond acceptors (Lipinski definition) is 2. The van der Waals surface area contributed by atoms with Crippen molar-refractivity contribution in [3.8, 4) is 11.3 Å². The van der Waals surface area contributed by atoms with Crippen molar-refractivity contribution in [2.24, 2.45) is 0 Å². The minimum Gasteiger partial charge on any atom is -0.461 e. The molecule has 1 aromatic heterocycles. The summed E-state index contributed by atoms with van der Waals surface area (Å²) in [5.74, 6) is -0.670. The van der Waals surface area contributed by atoms with Crippen molar-refractivity contribution in [1.82, 2.24) is 0 Å². The van der Waals surface area contributed by atoms with Gasteiger partial charge in [-0.1, -0.05) is 0 Å². The molecule has 108 valence electrons. The number of benzene rings is 1. The summed E-state index contributed by atoms with van der Waals surface area (Å²) in [6.07, 6.45) is -5.12. The van der Waals surface area contributed by atoms with E-state index < -0.39 is 23.7 Å². The number of alkyl halides is 3. The summed E-state index contributed by atoms with van der Waals surface area (Å²) >= 11 is 0. The number of aliphatic hydroxyl groups is 1. The van der Waals surface area contributed by atoms with Crippen LogP contribution in [0.2, 0.25) is 0 Å². The zero-order valence-corrected chi connectivity index (χ0v) is 10.5. The summed E-state index contributed by atoms with van der Waals surface area (Å²) in [6.45, 7) is 1.57. The van der Waals surface area contributed by atoms with Gasteiger partial charge in [0.25, 0.3) is 0 Å². The Hall–Kier alpha value is -1.82. The Labute approximate surface area is 112 Å². The van der Waals surface area contributed by atoms with E-state index in [1.54, 1.807) is 13.0 Å². The average Bonchev–Trinajstić information content (AvgIpc) is 2.75. The molecule has 0 radical (unpaired) electrons. The van der Waals surface area contributed by atoms with Gasteiger partial charge < -0.3 is 9.52 Å². The second-order valence-electron chi connectivity index (χ2n) is 4.51. The lowest BCUT2D eigenvalue weighted by atomic mass is 10.1. The maximum Gasteiger partial charge on any atom is 0.419 e. The fourth-order valence-electron chi connectivity index (χ4n) is 1.83. The van der Waals surface area contributed by atoms with Gasteiger partial charge in [-0.05, 0) is 37.3 Å². The molecule has 1 unspecified atom stereocenters. The monoisotopic (exact) mass is 288 g/mol. The van der Waals surface area contributed by atoms with Gasteiger partial charge in [0, 0.05) is 12.0 Å². The predicted molar refractivity (Wildman–Crippen MR) is 64.5 cm³/mol. The zero-order valence-electron chi connectivity index (χ0n) is 10.5. The highest BCUT2D eigenvalue weighted by Gasteiger charge is 2.34. The second-order valence-corrected chi connectivity index (χ2v) is 4.51. The molecule has 0 fully saturated rings. The fourth-order valence-corrected chi connectivity index (χ4v) is 1.83. The van der Waals surface area contributed by atoms with Gasteiger partial charge in [-0.15, -0.1) is 0 Å². The zero-order chi connectivity index (χ0) is 14.9. The van der Waals surface area contributed by atoms with E-state index in [2.05, 4.69) is 0 Å². The molecule has 20 heavy (non-hydrogen) atoms. The topological polar surface area (TPSA) is 33.4 Å². The molecule has 6 heteroatoms. The lowest BCUT2D eigenvalue weighted by molar-refractivity contribution is -0.139. The van der Waals surface area contributed by atoms with E-state index in [0.717, 1.165) is 6.07 Å². The molecule has 1 atom stereocenters. The fraction of sp³-hybridized carbons (Fsp3) is 0.286. The molecule has 0 spiro atoms. The van der Waals surface area contributed by atoms with Gasteiger partial charge in [0.1, 0.15) is 17.3 Å². The molecular weight excluding hydrogens is 276 g/mol. The Morgan fingerprint density at radius 2 is 1.90 bits per heavy atom. The van der Waals surface area contributed by atoms with Crippen LogP contribution in [0, 0.1) is 5.82 Å². The van der Waals surface area contributed by atoms with E-state index in [-0.39, 0.29) is 17.7 Å². The molecule has 0 aliphatic carbocycles. The summed E-state index contributed by atoms with van der Waals surface area (Å²) < 4.78 is 56.4. The van der Waals surface area contributed by atoms with Gasteiger partial charge >= 0.3 is 6.18 Å². The van der Waals surface area contributed by atoms with Gasteiger partial charge in [-0.3, -0.25) is 0 Å². The Morgan fingerprint density at radius 1 is 1.20 bits per heavy atom. The van der Waals surface area contributed by atoms with Crippen molar-refractivity contribution < 1.29 is 27.1 Å². The standard InChI is InChI=1S/C14H12F4O2/c1-8(19)6-10-3-5-13(20-10)9-2-4-12(15)11(7-9)14(16,17)18/h2-5,7-8,19H,6H2,1H3. The third kappa shape index (κ3) is 3.19. The largest absolute Gasteiger partial charge is 0.461 e. The molecule has 0 saturated heterocycles. The summed E-state index contributed by atoms with van der Waals surface area (Å²) in [5.41, 5.74) is -1.20. The maximum atomic E-state index is 13.2. The van der Waals surface area contributed by atoms with Crippen LogP contribution in [0.5, 0.6) is 0 Å². The number of halogens is 4. The quantitative estimate of drug-likeness (QED) is 0.865. The minimum atomic E-state index is -4.75. The van der Waals surface area contributed by atoms with Crippen LogP contribution in [-0.2, 0) is 12.6 Å². The van der Waals surface area contributed by atoms with Crippen molar-refractivity contribution in [3.05, 3.63) is 47.5 Å². The van der Waals surface area contributed by atoms with Gasteiger partial charge in [0.15, 0.2) is 0 Å². The Morgan fingerprint density at radius 3 is 2.50 bits per heavy atom. The third-order valence-corrected chi connectivity index (χ3v) is 2.71. The molecular formula is C14H12F4O2. The lowest BCUT2D eigenvalue weighted by Crippen LogP contribution is -2.08. The predicted octanol–water partition coefficient (Wildman–Crippen LogP) is 4.03. The summed E-state index contributed by atoms with van der Waals surface area (Å²) in [5, 5.41) is 9.21. The molecule has 0 saturated carbocycles. The van der Waals surface area contributed by atoms with Crippen molar-refractivity contribution in [2.45, 2.75) is 25.6 Å². The van der Waals surface area contributed by atoms with E-state index in [1.165, 1.54) is 12.1 Å². The molecule has 0 aliphatic heterocycles. The molecule has 0 aliphatic rings. The number of aliphatic hydroxyl groups excluding tert-OH is 1. The number of furan rings is 1. The maximum absolute atomic E-state index is 13.2. The molecule has 0 amide bonds. The normalized spacial score (nSPS) is 13.5. The van der Waals surface area contributed by atoms with E-state index >= 15 is 0 Å². The third-order valence-electron chi connectivity index (χ3n) is 2.71. The van der Waals surface area contributed by atoms with E-state index in [9.17, 15) is 22.7 Å². The van der Waals surface area contributed by atoms with E-state index in [4.69, 9.17) is 4.42 Å². The highest BCUT2D eigenvalue weighted by Crippen LogP contribution is 2.34. The lowest BCUT2D eigenvalue weighted by Gasteiger charge is -2.09. The highest BCUT2D eigenvalue weighted by molar-refractivity contribution is 5.59. The summed E-state index contributed by atoms with van der Waals surface area (Å²) in [6, 6.07) is 5.74. The molecule has 1 aromatic carbocycles. The highest BCUT2D eigenvalue weighted by atomic mass is 19.4. The van der Waals surface area contributed by atoms with Crippen LogP contribution >= 0.6 is 0 Å². The van der Waals surface area contributed by atoms with Gasteiger partial charge in [-0.25, -0.2) is 4.39 Å². The second kappa shape index (κ2) is 5.28. The first-order valence-electron chi connectivity index (χ1n) is 5.91. The van der Waals surface area contributed by atoms with Crippen LogP contribution in [-0.4, -0.2) is 11.2 Å².